The average Bonchev–Trinajstić information content (AvgIpc) is 3.60. The molecule has 3 N–H and O–H groups in total. The van der Waals surface area contributed by atoms with Crippen molar-refractivity contribution in [1.29, 1.82) is 0 Å². The summed E-state index contributed by atoms with van der Waals surface area (Å²) in [6, 6.07) is 6.46. The van der Waals surface area contributed by atoms with Crippen LogP contribution in [0.25, 0.3) is 10.9 Å². The summed E-state index contributed by atoms with van der Waals surface area (Å²) in [7, 11) is 0. The van der Waals surface area contributed by atoms with E-state index < -0.39 is 18.2 Å². The van der Waals surface area contributed by atoms with Crippen molar-refractivity contribution >= 4 is 51.7 Å². The number of ether oxygens (including phenoxy) is 1. The molecule has 0 unspecified atom stereocenters. The Hall–Kier alpha value is -3.15. The largest absolute Gasteiger partial charge is 0.450 e. The number of aromatic amines is 1. The highest BCUT2D eigenvalue weighted by Crippen LogP contribution is 2.27. The molecule has 0 saturated carbocycles. The van der Waals surface area contributed by atoms with E-state index in [0.717, 1.165) is 41.0 Å². The summed E-state index contributed by atoms with van der Waals surface area (Å²) >= 11 is 7.48. The van der Waals surface area contributed by atoms with Crippen molar-refractivity contribution in [2.75, 3.05) is 26.2 Å². The fraction of sp³-hybridized carbons (Fsp3) is 0.462. The molecule has 38 heavy (non-hydrogen) atoms. The molecule has 10 nitrogen and oxygen atoms in total. The smallest absolute Gasteiger partial charge is 0.409 e. The Morgan fingerprint density at radius 3 is 2.63 bits per heavy atom. The van der Waals surface area contributed by atoms with Crippen LogP contribution in [0.4, 0.5) is 4.79 Å². The van der Waals surface area contributed by atoms with Gasteiger partial charge < -0.3 is 25.3 Å². The number of nitrogens with one attached hydrogen (secondary N) is 3. The fourth-order valence-corrected chi connectivity index (χ4v) is 6.13. The van der Waals surface area contributed by atoms with E-state index in [1.54, 1.807) is 25.1 Å². The Labute approximate surface area is 229 Å². The van der Waals surface area contributed by atoms with Gasteiger partial charge in [0.15, 0.2) is 5.01 Å². The normalized spacial score (nSPS) is 19.6. The first kappa shape index (κ1) is 26.5. The maximum atomic E-state index is 13.2. The van der Waals surface area contributed by atoms with Crippen molar-refractivity contribution in [2.24, 2.45) is 0 Å². The van der Waals surface area contributed by atoms with Crippen LogP contribution in [0.3, 0.4) is 0 Å². The predicted molar refractivity (Wildman–Crippen MR) is 146 cm³/mol. The monoisotopic (exact) mass is 558 g/mol. The molecule has 1 saturated heterocycles. The Morgan fingerprint density at radius 1 is 1.18 bits per heavy atom. The second-order valence-electron chi connectivity index (χ2n) is 9.88. The lowest BCUT2D eigenvalue weighted by atomic mass is 10.1. The molecule has 2 aliphatic heterocycles. The lowest BCUT2D eigenvalue weighted by Crippen LogP contribution is -2.51. The maximum absolute atomic E-state index is 13.2. The van der Waals surface area contributed by atoms with Crippen LogP contribution in [0.2, 0.25) is 5.02 Å². The van der Waals surface area contributed by atoms with Crippen LogP contribution in [-0.2, 0) is 17.7 Å². The van der Waals surface area contributed by atoms with Gasteiger partial charge >= 0.3 is 6.09 Å². The average molecular weight is 559 g/mol. The minimum absolute atomic E-state index is 0.208. The summed E-state index contributed by atoms with van der Waals surface area (Å²) in [4.78, 5) is 51.5. The van der Waals surface area contributed by atoms with Gasteiger partial charge in [-0.2, -0.15) is 0 Å². The summed E-state index contributed by atoms with van der Waals surface area (Å²) in [5.41, 5.74) is 2.12. The third-order valence-electron chi connectivity index (χ3n) is 6.99. The highest BCUT2D eigenvalue weighted by atomic mass is 35.5. The first-order valence-electron chi connectivity index (χ1n) is 12.8. The van der Waals surface area contributed by atoms with Crippen LogP contribution in [-0.4, -0.2) is 82.0 Å². The number of thiazole rings is 1. The standard InChI is InChI=1S/C26H31ClN6O4S/c1-4-37-26(36)33-11-20(29-23(34)19-10-15-9-16(27)5-6-17(15)28-19)21(12-33)30-24(35)25-31-18-7-8-32(14(2)3)13-22(18)38-25/h5-6,9-10,14,20-21,28H,4,7-8,11-13H2,1-3H3,(H,29,34)(H,30,35)/t20-,21-/m1/s1. The molecule has 3 amide bonds. The summed E-state index contributed by atoms with van der Waals surface area (Å²) in [5, 5.41) is 7.78. The van der Waals surface area contributed by atoms with Gasteiger partial charge in [-0.3, -0.25) is 14.5 Å². The number of halogens is 1. The molecular formula is C26H31ClN6O4S. The number of aromatic nitrogens is 2. The highest BCUT2D eigenvalue weighted by Gasteiger charge is 2.39. The van der Waals surface area contributed by atoms with Crippen LogP contribution >= 0.6 is 22.9 Å². The molecule has 12 heteroatoms. The molecule has 0 bridgehead atoms. The number of hydrogen-bond acceptors (Lipinski definition) is 7. The minimum Gasteiger partial charge on any atom is -0.450 e. The molecule has 0 radical (unpaired) electrons. The molecular weight excluding hydrogens is 528 g/mol. The van der Waals surface area contributed by atoms with E-state index in [4.69, 9.17) is 16.3 Å². The zero-order valence-electron chi connectivity index (χ0n) is 21.5. The van der Waals surface area contributed by atoms with E-state index in [1.807, 2.05) is 6.07 Å². The van der Waals surface area contributed by atoms with Crippen molar-refractivity contribution < 1.29 is 19.1 Å². The summed E-state index contributed by atoms with van der Waals surface area (Å²) < 4.78 is 5.17. The number of nitrogens with zero attached hydrogens (tertiary/aromatic N) is 3. The zero-order valence-corrected chi connectivity index (χ0v) is 23.1. The zero-order chi connectivity index (χ0) is 27.0. The molecule has 5 rings (SSSR count). The molecule has 4 heterocycles. The number of carbonyl (C=O) groups is 3. The number of H-pyrrole nitrogens is 1. The van der Waals surface area contributed by atoms with Crippen LogP contribution < -0.4 is 10.6 Å². The number of rotatable bonds is 6. The highest BCUT2D eigenvalue weighted by molar-refractivity contribution is 7.13. The minimum atomic E-state index is -0.517. The van der Waals surface area contributed by atoms with E-state index in [-0.39, 0.29) is 31.5 Å². The predicted octanol–water partition coefficient (Wildman–Crippen LogP) is 3.41. The SMILES string of the molecule is CCOC(=O)N1C[C@@H](NC(=O)c2cc3cc(Cl)ccc3[nH]2)[C@H](NC(=O)c2nc3c(s2)CN(C(C)C)CC3)C1. The Bertz CT molecular complexity index is 1370. The van der Waals surface area contributed by atoms with E-state index in [9.17, 15) is 14.4 Å². The second-order valence-corrected chi connectivity index (χ2v) is 11.4. The van der Waals surface area contributed by atoms with E-state index in [2.05, 4.69) is 39.3 Å². The van der Waals surface area contributed by atoms with E-state index in [0.29, 0.717) is 21.8 Å². The molecule has 1 aromatic carbocycles. The molecule has 0 spiro atoms. The number of carbonyl (C=O) groups excluding carboxylic acids is 3. The number of hydrogen-bond donors (Lipinski definition) is 3. The van der Waals surface area contributed by atoms with Gasteiger partial charge in [0.1, 0.15) is 5.69 Å². The van der Waals surface area contributed by atoms with Gasteiger partial charge in [-0.15, -0.1) is 11.3 Å². The van der Waals surface area contributed by atoms with Gasteiger partial charge in [0, 0.05) is 59.4 Å². The third kappa shape index (κ3) is 5.50. The molecule has 2 atom stereocenters. The van der Waals surface area contributed by atoms with Crippen LogP contribution in [0.5, 0.6) is 0 Å². The number of amides is 3. The van der Waals surface area contributed by atoms with Gasteiger partial charge in [-0.25, -0.2) is 9.78 Å². The molecule has 2 aliphatic rings. The van der Waals surface area contributed by atoms with Crippen LogP contribution in [0.15, 0.2) is 24.3 Å². The van der Waals surface area contributed by atoms with Gasteiger partial charge in [0.25, 0.3) is 11.8 Å². The number of fused-ring (bicyclic) bond motifs is 2. The molecule has 202 valence electrons. The quantitative estimate of drug-likeness (QED) is 0.426. The van der Waals surface area contributed by atoms with E-state index in [1.165, 1.54) is 16.2 Å². The van der Waals surface area contributed by atoms with Crippen molar-refractivity contribution in [2.45, 2.75) is 51.9 Å². The van der Waals surface area contributed by atoms with Gasteiger partial charge in [-0.05, 0) is 45.0 Å². The molecule has 2 aromatic heterocycles. The maximum Gasteiger partial charge on any atom is 0.409 e. The van der Waals surface area contributed by atoms with Gasteiger partial charge in [0.2, 0.25) is 0 Å². The Balaban J connectivity index is 1.31. The van der Waals surface area contributed by atoms with Crippen molar-refractivity contribution in [3.63, 3.8) is 0 Å². The van der Waals surface area contributed by atoms with Crippen LogP contribution in [0, 0.1) is 0 Å². The fourth-order valence-electron chi connectivity index (χ4n) is 4.92. The first-order valence-corrected chi connectivity index (χ1v) is 14.0. The Morgan fingerprint density at radius 2 is 1.92 bits per heavy atom. The lowest BCUT2D eigenvalue weighted by Gasteiger charge is -2.29. The second kappa shape index (κ2) is 10.9. The van der Waals surface area contributed by atoms with Crippen molar-refractivity contribution in [1.82, 2.24) is 30.4 Å². The lowest BCUT2D eigenvalue weighted by molar-refractivity contribution is 0.0894. The van der Waals surface area contributed by atoms with Gasteiger partial charge in [0.05, 0.1) is 24.4 Å². The van der Waals surface area contributed by atoms with Crippen molar-refractivity contribution in [3.05, 3.63) is 50.6 Å². The number of likely N-dealkylation sites (tertiary alicyclic amines) is 1. The summed E-state index contributed by atoms with van der Waals surface area (Å²) in [6.07, 6.45) is 0.327. The molecule has 0 aliphatic carbocycles. The first-order chi connectivity index (χ1) is 18.2. The van der Waals surface area contributed by atoms with Gasteiger partial charge in [-0.1, -0.05) is 11.6 Å². The number of benzene rings is 1. The topological polar surface area (TPSA) is 120 Å². The third-order valence-corrected chi connectivity index (χ3v) is 8.31. The Kier molecular flexibility index (Phi) is 7.60. The van der Waals surface area contributed by atoms with Crippen LogP contribution in [0.1, 0.15) is 51.6 Å². The van der Waals surface area contributed by atoms with E-state index >= 15 is 0 Å². The summed E-state index contributed by atoms with van der Waals surface area (Å²) in [6.45, 7) is 8.41. The van der Waals surface area contributed by atoms with Crippen molar-refractivity contribution in [3.8, 4) is 0 Å². The molecule has 1 fully saturated rings. The molecule has 3 aromatic rings. The summed E-state index contributed by atoms with van der Waals surface area (Å²) in [5.74, 6) is -0.651.